The summed E-state index contributed by atoms with van der Waals surface area (Å²) in [5.41, 5.74) is 1.19. The molecule has 1 aromatic carbocycles. The largest absolute Gasteiger partial charge is 0.369 e. The Bertz CT molecular complexity index is 551. The van der Waals surface area contributed by atoms with Gasteiger partial charge in [-0.05, 0) is 36.6 Å². The van der Waals surface area contributed by atoms with Gasteiger partial charge in [-0.2, -0.15) is 0 Å². The van der Waals surface area contributed by atoms with Gasteiger partial charge in [0.25, 0.3) is 0 Å². The lowest BCUT2D eigenvalue weighted by molar-refractivity contribution is 0.101. The molecule has 0 spiro atoms. The Morgan fingerprint density at radius 2 is 2.17 bits per heavy atom. The Kier molecular flexibility index (Phi) is 3.77. The standard InChI is InChI=1S/C14H14FNOS/c1-10(17)13-8-11(15)5-6-14(13)16(2)9-12-4-3-7-18-12/h3-8H,9H2,1-2H3. The highest BCUT2D eigenvalue weighted by molar-refractivity contribution is 7.09. The van der Waals surface area contributed by atoms with Crippen molar-refractivity contribution in [2.45, 2.75) is 13.5 Å². The lowest BCUT2D eigenvalue weighted by Crippen LogP contribution is -2.18. The minimum Gasteiger partial charge on any atom is -0.369 e. The molecule has 2 nitrogen and oxygen atoms in total. The van der Waals surface area contributed by atoms with Crippen LogP contribution in [-0.4, -0.2) is 12.8 Å². The summed E-state index contributed by atoms with van der Waals surface area (Å²) in [7, 11) is 1.90. The number of benzene rings is 1. The molecule has 0 bridgehead atoms. The molecule has 0 unspecified atom stereocenters. The maximum absolute atomic E-state index is 13.2. The Morgan fingerprint density at radius 1 is 1.39 bits per heavy atom. The fraction of sp³-hybridized carbons (Fsp3) is 0.214. The van der Waals surface area contributed by atoms with Crippen LogP contribution in [0.3, 0.4) is 0 Å². The van der Waals surface area contributed by atoms with Gasteiger partial charge in [-0.25, -0.2) is 4.39 Å². The minimum atomic E-state index is -0.381. The first-order chi connectivity index (χ1) is 8.58. The van der Waals surface area contributed by atoms with E-state index in [2.05, 4.69) is 0 Å². The van der Waals surface area contributed by atoms with E-state index in [-0.39, 0.29) is 11.6 Å². The molecule has 94 valence electrons. The number of carbonyl (C=O) groups is 1. The SMILES string of the molecule is CC(=O)c1cc(F)ccc1N(C)Cc1cccs1. The number of halogens is 1. The predicted octanol–water partition coefficient (Wildman–Crippen LogP) is 3.73. The van der Waals surface area contributed by atoms with Gasteiger partial charge >= 0.3 is 0 Å². The van der Waals surface area contributed by atoms with E-state index >= 15 is 0 Å². The molecule has 0 aliphatic rings. The summed E-state index contributed by atoms with van der Waals surface area (Å²) >= 11 is 1.66. The Morgan fingerprint density at radius 3 is 2.78 bits per heavy atom. The van der Waals surface area contributed by atoms with Crippen molar-refractivity contribution in [3.8, 4) is 0 Å². The van der Waals surface area contributed by atoms with Crippen LogP contribution in [0.2, 0.25) is 0 Å². The van der Waals surface area contributed by atoms with Gasteiger partial charge in [-0.15, -0.1) is 11.3 Å². The molecule has 0 fully saturated rings. The second-order valence-electron chi connectivity index (χ2n) is 4.15. The zero-order valence-electron chi connectivity index (χ0n) is 10.3. The highest BCUT2D eigenvalue weighted by Gasteiger charge is 2.12. The topological polar surface area (TPSA) is 20.3 Å². The van der Waals surface area contributed by atoms with Crippen molar-refractivity contribution in [3.63, 3.8) is 0 Å². The van der Waals surface area contributed by atoms with Crippen LogP contribution in [0.4, 0.5) is 10.1 Å². The van der Waals surface area contributed by atoms with Crippen LogP contribution < -0.4 is 4.90 Å². The number of nitrogens with zero attached hydrogens (tertiary/aromatic N) is 1. The van der Waals surface area contributed by atoms with Crippen LogP contribution >= 0.6 is 11.3 Å². The van der Waals surface area contributed by atoms with Gasteiger partial charge in [-0.1, -0.05) is 6.07 Å². The monoisotopic (exact) mass is 263 g/mol. The minimum absolute atomic E-state index is 0.123. The van der Waals surface area contributed by atoms with Gasteiger partial charge in [0.05, 0.1) is 6.54 Å². The summed E-state index contributed by atoms with van der Waals surface area (Å²) in [6, 6.07) is 8.36. The third-order valence-corrected chi connectivity index (χ3v) is 3.58. The van der Waals surface area contributed by atoms with Crippen LogP contribution in [0.1, 0.15) is 22.2 Å². The van der Waals surface area contributed by atoms with Crippen LogP contribution in [0.15, 0.2) is 35.7 Å². The molecule has 0 saturated carbocycles. The second-order valence-corrected chi connectivity index (χ2v) is 5.19. The maximum atomic E-state index is 13.2. The molecule has 0 saturated heterocycles. The third-order valence-electron chi connectivity index (χ3n) is 2.72. The molecule has 0 atom stereocenters. The van der Waals surface area contributed by atoms with Crippen molar-refractivity contribution in [2.75, 3.05) is 11.9 Å². The molecule has 0 amide bonds. The van der Waals surface area contributed by atoms with Crippen molar-refractivity contribution in [2.24, 2.45) is 0 Å². The van der Waals surface area contributed by atoms with Crippen LogP contribution in [0.5, 0.6) is 0 Å². The Hall–Kier alpha value is -1.68. The molecule has 1 heterocycles. The van der Waals surface area contributed by atoms with Crippen LogP contribution in [0, 0.1) is 5.82 Å². The first kappa shape index (κ1) is 12.8. The number of hydrogen-bond donors (Lipinski definition) is 0. The number of rotatable bonds is 4. The smallest absolute Gasteiger partial charge is 0.161 e. The van der Waals surface area contributed by atoms with E-state index in [1.807, 2.05) is 29.5 Å². The third kappa shape index (κ3) is 2.76. The highest BCUT2D eigenvalue weighted by atomic mass is 32.1. The summed E-state index contributed by atoms with van der Waals surface area (Å²) in [4.78, 5) is 14.7. The van der Waals surface area contributed by atoms with Gasteiger partial charge in [0.15, 0.2) is 5.78 Å². The predicted molar refractivity (Wildman–Crippen MR) is 72.8 cm³/mol. The molecule has 18 heavy (non-hydrogen) atoms. The normalized spacial score (nSPS) is 10.4. The summed E-state index contributed by atoms with van der Waals surface area (Å²) in [5, 5.41) is 2.01. The molecule has 0 aliphatic carbocycles. The molecule has 2 aromatic rings. The Balaban J connectivity index is 2.29. The quantitative estimate of drug-likeness (QED) is 0.783. The number of Topliss-reactive ketones (excluding diaryl/α,β-unsaturated/α-hetero) is 1. The second kappa shape index (κ2) is 5.31. The molecule has 0 N–H and O–H groups in total. The average Bonchev–Trinajstić information content (AvgIpc) is 2.81. The first-order valence-electron chi connectivity index (χ1n) is 5.62. The van der Waals surface area contributed by atoms with Crippen molar-refractivity contribution < 1.29 is 9.18 Å². The lowest BCUT2D eigenvalue weighted by atomic mass is 10.1. The number of ketones is 1. The van der Waals surface area contributed by atoms with Crippen molar-refractivity contribution in [1.29, 1.82) is 0 Å². The van der Waals surface area contributed by atoms with Gasteiger partial charge < -0.3 is 4.90 Å². The lowest BCUT2D eigenvalue weighted by Gasteiger charge is -2.21. The van der Waals surface area contributed by atoms with E-state index in [4.69, 9.17) is 0 Å². The number of hydrogen-bond acceptors (Lipinski definition) is 3. The molecular weight excluding hydrogens is 249 g/mol. The van der Waals surface area contributed by atoms with Gasteiger partial charge in [0.1, 0.15) is 5.82 Å². The van der Waals surface area contributed by atoms with Gasteiger partial charge in [-0.3, -0.25) is 4.79 Å². The average molecular weight is 263 g/mol. The van der Waals surface area contributed by atoms with E-state index < -0.39 is 0 Å². The fourth-order valence-electron chi connectivity index (χ4n) is 1.84. The first-order valence-corrected chi connectivity index (χ1v) is 6.50. The molecular formula is C14H14FNOS. The van der Waals surface area contributed by atoms with Gasteiger partial charge in [0.2, 0.25) is 0 Å². The van der Waals surface area contributed by atoms with E-state index in [9.17, 15) is 9.18 Å². The summed E-state index contributed by atoms with van der Waals surface area (Å²) in [6.07, 6.45) is 0. The molecule has 0 aliphatic heterocycles. The van der Waals surface area contributed by atoms with Crippen molar-refractivity contribution in [3.05, 3.63) is 52.0 Å². The van der Waals surface area contributed by atoms with Crippen LogP contribution in [-0.2, 0) is 6.54 Å². The van der Waals surface area contributed by atoms with E-state index in [1.54, 1.807) is 17.4 Å². The van der Waals surface area contributed by atoms with E-state index in [0.29, 0.717) is 12.1 Å². The zero-order valence-corrected chi connectivity index (χ0v) is 11.1. The van der Waals surface area contributed by atoms with Crippen LogP contribution in [0.25, 0.3) is 0 Å². The van der Waals surface area contributed by atoms with E-state index in [1.165, 1.54) is 23.9 Å². The van der Waals surface area contributed by atoms with Crippen molar-refractivity contribution >= 4 is 22.8 Å². The number of anilines is 1. The summed E-state index contributed by atoms with van der Waals surface area (Å²) < 4.78 is 13.2. The van der Waals surface area contributed by atoms with Crippen molar-refractivity contribution in [1.82, 2.24) is 0 Å². The Labute approximate surface area is 110 Å². The fourth-order valence-corrected chi connectivity index (χ4v) is 2.60. The maximum Gasteiger partial charge on any atom is 0.161 e. The molecule has 0 radical (unpaired) electrons. The number of thiophene rings is 1. The molecule has 4 heteroatoms. The zero-order chi connectivity index (χ0) is 13.1. The molecule has 1 aromatic heterocycles. The molecule has 2 rings (SSSR count). The highest BCUT2D eigenvalue weighted by Crippen LogP contribution is 2.23. The number of carbonyl (C=O) groups excluding carboxylic acids is 1. The van der Waals surface area contributed by atoms with E-state index in [0.717, 1.165) is 5.69 Å². The van der Waals surface area contributed by atoms with Gasteiger partial charge in [0, 0.05) is 23.2 Å². The summed E-state index contributed by atoms with van der Waals surface area (Å²) in [5.74, 6) is -0.504. The summed E-state index contributed by atoms with van der Waals surface area (Å²) in [6.45, 7) is 2.17.